The third-order valence-electron chi connectivity index (χ3n) is 3.84. The minimum atomic E-state index is -3.59. The molecule has 0 atom stereocenters. The molecule has 0 radical (unpaired) electrons. The summed E-state index contributed by atoms with van der Waals surface area (Å²) in [5.74, 6) is -1.11. The molecule has 0 aliphatic carbocycles. The van der Waals surface area contributed by atoms with Crippen molar-refractivity contribution < 1.29 is 17.6 Å². The summed E-state index contributed by atoms with van der Waals surface area (Å²) in [5, 5.41) is 5.50. The largest absolute Gasteiger partial charge is 0.376 e. The summed E-state index contributed by atoms with van der Waals surface area (Å²) in [6.45, 7) is 4.11. The highest BCUT2D eigenvalue weighted by atomic mass is 35.5. The van der Waals surface area contributed by atoms with Crippen molar-refractivity contribution in [2.24, 2.45) is 0 Å². The third kappa shape index (κ3) is 5.41. The third-order valence-corrected chi connectivity index (χ3v) is 6.12. The molecule has 2 aromatic carbocycles. The molecule has 0 saturated carbocycles. The minimum absolute atomic E-state index is 0.0176. The SMILES string of the molecule is CCN(CC)S(=O)(=O)c1cccc(NCC(=O)Nc2ccc(Cl)cc2F)c1. The Labute approximate surface area is 163 Å². The fourth-order valence-electron chi connectivity index (χ4n) is 2.45. The van der Waals surface area contributed by atoms with E-state index < -0.39 is 21.7 Å². The Balaban J connectivity index is 2.05. The average Bonchev–Trinajstić information content (AvgIpc) is 2.63. The van der Waals surface area contributed by atoms with Gasteiger partial charge >= 0.3 is 0 Å². The molecule has 0 aliphatic rings. The molecule has 0 heterocycles. The van der Waals surface area contributed by atoms with Crippen LogP contribution in [0.3, 0.4) is 0 Å². The van der Waals surface area contributed by atoms with Gasteiger partial charge in [0.15, 0.2) is 0 Å². The number of halogens is 2. The average molecular weight is 414 g/mol. The van der Waals surface area contributed by atoms with Gasteiger partial charge in [-0.05, 0) is 36.4 Å². The maximum Gasteiger partial charge on any atom is 0.243 e. The number of anilines is 2. The van der Waals surface area contributed by atoms with Gasteiger partial charge in [-0.15, -0.1) is 0 Å². The first-order chi connectivity index (χ1) is 12.8. The maximum atomic E-state index is 13.7. The number of carbonyl (C=O) groups is 1. The van der Waals surface area contributed by atoms with Crippen LogP contribution in [0.15, 0.2) is 47.4 Å². The highest BCUT2D eigenvalue weighted by Gasteiger charge is 2.21. The van der Waals surface area contributed by atoms with Crippen LogP contribution in [0.4, 0.5) is 15.8 Å². The molecule has 6 nitrogen and oxygen atoms in total. The van der Waals surface area contributed by atoms with Crippen molar-refractivity contribution in [1.82, 2.24) is 4.31 Å². The summed E-state index contributed by atoms with van der Waals surface area (Å²) in [4.78, 5) is 12.1. The van der Waals surface area contributed by atoms with E-state index in [1.54, 1.807) is 26.0 Å². The van der Waals surface area contributed by atoms with E-state index in [1.807, 2.05) is 0 Å². The summed E-state index contributed by atoms with van der Waals surface area (Å²) < 4.78 is 40.2. The van der Waals surface area contributed by atoms with Gasteiger partial charge in [0, 0.05) is 23.8 Å². The van der Waals surface area contributed by atoms with Gasteiger partial charge in [0.25, 0.3) is 0 Å². The lowest BCUT2D eigenvalue weighted by Crippen LogP contribution is -2.30. The van der Waals surface area contributed by atoms with Crippen molar-refractivity contribution >= 4 is 38.9 Å². The van der Waals surface area contributed by atoms with Crippen LogP contribution in [-0.4, -0.2) is 38.3 Å². The van der Waals surface area contributed by atoms with Gasteiger partial charge in [0.2, 0.25) is 15.9 Å². The maximum absolute atomic E-state index is 13.7. The lowest BCUT2D eigenvalue weighted by atomic mass is 10.3. The number of rotatable bonds is 8. The summed E-state index contributed by atoms with van der Waals surface area (Å²) in [5.41, 5.74) is 0.485. The first-order valence-electron chi connectivity index (χ1n) is 8.37. The Morgan fingerprint density at radius 2 is 1.85 bits per heavy atom. The molecule has 0 saturated heterocycles. The van der Waals surface area contributed by atoms with E-state index >= 15 is 0 Å². The molecule has 1 amide bonds. The number of benzene rings is 2. The summed E-state index contributed by atoms with van der Waals surface area (Å²) in [7, 11) is -3.59. The van der Waals surface area contributed by atoms with Crippen LogP contribution in [0.2, 0.25) is 5.02 Å². The summed E-state index contributed by atoms with van der Waals surface area (Å²) in [6, 6.07) is 10.1. The Bertz CT molecular complexity index is 918. The molecule has 9 heteroatoms. The molecule has 27 heavy (non-hydrogen) atoms. The molecule has 2 aromatic rings. The zero-order chi connectivity index (χ0) is 20.0. The molecular formula is C18H21ClFN3O3S. The van der Waals surface area contributed by atoms with E-state index in [4.69, 9.17) is 11.6 Å². The molecule has 0 aromatic heterocycles. The Morgan fingerprint density at radius 3 is 2.48 bits per heavy atom. The molecule has 0 spiro atoms. The van der Waals surface area contributed by atoms with Crippen LogP contribution in [0.1, 0.15) is 13.8 Å². The lowest BCUT2D eigenvalue weighted by molar-refractivity contribution is -0.114. The number of sulfonamides is 1. The number of hydrogen-bond acceptors (Lipinski definition) is 4. The van der Waals surface area contributed by atoms with Gasteiger partial charge in [0.05, 0.1) is 17.1 Å². The normalized spacial score (nSPS) is 11.4. The van der Waals surface area contributed by atoms with Crippen molar-refractivity contribution in [3.8, 4) is 0 Å². The number of amides is 1. The quantitative estimate of drug-likeness (QED) is 0.693. The van der Waals surface area contributed by atoms with E-state index in [2.05, 4.69) is 10.6 Å². The number of nitrogens with zero attached hydrogens (tertiary/aromatic N) is 1. The number of carbonyl (C=O) groups excluding carboxylic acids is 1. The molecule has 2 rings (SSSR count). The van der Waals surface area contributed by atoms with E-state index in [-0.39, 0.29) is 22.2 Å². The first-order valence-corrected chi connectivity index (χ1v) is 10.2. The first kappa shape index (κ1) is 21.1. The van der Waals surface area contributed by atoms with Crippen molar-refractivity contribution in [1.29, 1.82) is 0 Å². The van der Waals surface area contributed by atoms with E-state index in [0.717, 1.165) is 6.07 Å². The van der Waals surface area contributed by atoms with E-state index in [1.165, 1.54) is 28.6 Å². The second-order valence-corrected chi connectivity index (χ2v) is 8.02. The highest BCUT2D eigenvalue weighted by molar-refractivity contribution is 7.89. The van der Waals surface area contributed by atoms with Crippen molar-refractivity contribution in [3.05, 3.63) is 53.3 Å². The highest BCUT2D eigenvalue weighted by Crippen LogP contribution is 2.20. The fourth-order valence-corrected chi connectivity index (χ4v) is 4.11. The van der Waals surface area contributed by atoms with Crippen molar-refractivity contribution in [2.45, 2.75) is 18.7 Å². The standard InChI is InChI=1S/C18H21ClFN3O3S/c1-3-23(4-2)27(25,26)15-7-5-6-14(11-15)21-12-18(24)22-17-9-8-13(19)10-16(17)20/h5-11,21H,3-4,12H2,1-2H3,(H,22,24). The Morgan fingerprint density at radius 1 is 1.15 bits per heavy atom. The van der Waals surface area contributed by atoms with Gasteiger partial charge in [-0.2, -0.15) is 4.31 Å². The zero-order valence-electron chi connectivity index (χ0n) is 15.0. The summed E-state index contributed by atoms with van der Waals surface area (Å²) >= 11 is 5.67. The van der Waals surface area contributed by atoms with Crippen LogP contribution >= 0.6 is 11.6 Å². The van der Waals surface area contributed by atoms with Gasteiger partial charge < -0.3 is 10.6 Å². The molecule has 0 bridgehead atoms. The van der Waals surface area contributed by atoms with Gasteiger partial charge in [-0.1, -0.05) is 31.5 Å². The van der Waals surface area contributed by atoms with Crippen molar-refractivity contribution in [2.75, 3.05) is 30.3 Å². The topological polar surface area (TPSA) is 78.5 Å². The zero-order valence-corrected chi connectivity index (χ0v) is 16.6. The van der Waals surface area contributed by atoms with E-state index in [0.29, 0.717) is 18.8 Å². The lowest BCUT2D eigenvalue weighted by Gasteiger charge is -2.19. The van der Waals surface area contributed by atoms with Gasteiger partial charge in [-0.3, -0.25) is 4.79 Å². The van der Waals surface area contributed by atoms with Crippen LogP contribution in [0.25, 0.3) is 0 Å². The predicted octanol–water partition coefficient (Wildman–Crippen LogP) is 3.56. The fraction of sp³-hybridized carbons (Fsp3) is 0.278. The van der Waals surface area contributed by atoms with Gasteiger partial charge in [-0.25, -0.2) is 12.8 Å². The van der Waals surface area contributed by atoms with Crippen molar-refractivity contribution in [3.63, 3.8) is 0 Å². The molecule has 0 fully saturated rings. The molecule has 2 N–H and O–H groups in total. The van der Waals surface area contributed by atoms with Crippen LogP contribution in [-0.2, 0) is 14.8 Å². The smallest absolute Gasteiger partial charge is 0.243 e. The van der Waals surface area contributed by atoms with E-state index in [9.17, 15) is 17.6 Å². The summed E-state index contributed by atoms with van der Waals surface area (Å²) in [6.07, 6.45) is 0. The minimum Gasteiger partial charge on any atom is -0.376 e. The molecule has 0 unspecified atom stereocenters. The van der Waals surface area contributed by atoms with Crippen LogP contribution in [0, 0.1) is 5.82 Å². The monoisotopic (exact) mass is 413 g/mol. The van der Waals surface area contributed by atoms with Crippen LogP contribution in [0.5, 0.6) is 0 Å². The predicted molar refractivity (Wildman–Crippen MR) is 105 cm³/mol. The van der Waals surface area contributed by atoms with Crippen LogP contribution < -0.4 is 10.6 Å². The molecule has 146 valence electrons. The molecular weight excluding hydrogens is 393 g/mol. The second kappa shape index (κ2) is 9.16. The number of nitrogens with one attached hydrogen (secondary N) is 2. The Hall–Kier alpha value is -2.16. The Kier molecular flexibility index (Phi) is 7.18. The molecule has 0 aliphatic heterocycles. The van der Waals surface area contributed by atoms with Gasteiger partial charge in [0.1, 0.15) is 5.82 Å². The number of hydrogen-bond donors (Lipinski definition) is 2. The second-order valence-electron chi connectivity index (χ2n) is 5.64.